The topological polar surface area (TPSA) is 18.5 Å². The SMILES string of the molecule is CC1=C(C)N(Cc2ccccc2)CN1/C=C1/C=CC=CN1. The number of rotatable bonds is 3. The minimum atomic E-state index is 0.898. The van der Waals surface area contributed by atoms with Crippen LogP contribution < -0.4 is 5.32 Å². The lowest BCUT2D eigenvalue weighted by Crippen LogP contribution is -2.25. The van der Waals surface area contributed by atoms with E-state index in [1.54, 1.807) is 0 Å². The molecule has 1 N–H and O–H groups in total. The van der Waals surface area contributed by atoms with Crippen LogP contribution in [0.4, 0.5) is 0 Å². The van der Waals surface area contributed by atoms with Gasteiger partial charge in [-0.2, -0.15) is 0 Å². The van der Waals surface area contributed by atoms with Crippen molar-refractivity contribution in [3.8, 4) is 0 Å². The third-order valence-electron chi connectivity index (χ3n) is 4.00. The van der Waals surface area contributed by atoms with Crippen LogP contribution in [0, 0.1) is 0 Å². The van der Waals surface area contributed by atoms with Gasteiger partial charge in [0.2, 0.25) is 0 Å². The lowest BCUT2D eigenvalue weighted by molar-refractivity contribution is 0.286. The third-order valence-corrected chi connectivity index (χ3v) is 4.00. The molecule has 0 spiro atoms. The fourth-order valence-corrected chi connectivity index (χ4v) is 2.60. The fraction of sp³-hybridized carbons (Fsp3) is 0.222. The Labute approximate surface area is 126 Å². The molecule has 0 radical (unpaired) electrons. The van der Waals surface area contributed by atoms with Gasteiger partial charge in [-0.25, -0.2) is 0 Å². The molecule has 2 aliphatic heterocycles. The molecule has 0 aliphatic carbocycles. The van der Waals surface area contributed by atoms with Crippen LogP contribution in [-0.4, -0.2) is 16.5 Å². The maximum absolute atomic E-state index is 3.26. The molecule has 1 aromatic rings. The number of allylic oxidation sites excluding steroid dienone is 5. The number of dihydropyridines is 1. The van der Waals surface area contributed by atoms with Gasteiger partial charge in [0.25, 0.3) is 0 Å². The summed E-state index contributed by atoms with van der Waals surface area (Å²) in [6, 6.07) is 10.6. The van der Waals surface area contributed by atoms with Crippen LogP contribution in [0.5, 0.6) is 0 Å². The average molecular weight is 279 g/mol. The summed E-state index contributed by atoms with van der Waals surface area (Å²) in [5, 5.41) is 3.26. The molecular weight excluding hydrogens is 258 g/mol. The molecule has 2 aliphatic rings. The van der Waals surface area contributed by atoms with E-state index in [-0.39, 0.29) is 0 Å². The predicted molar refractivity (Wildman–Crippen MR) is 86.6 cm³/mol. The molecule has 0 fully saturated rings. The van der Waals surface area contributed by atoms with Crippen LogP contribution in [0.15, 0.2) is 78.1 Å². The maximum Gasteiger partial charge on any atom is 0.0945 e. The molecule has 108 valence electrons. The zero-order valence-corrected chi connectivity index (χ0v) is 12.6. The Bertz CT molecular complexity index is 623. The highest BCUT2D eigenvalue weighted by atomic mass is 15.4. The highest BCUT2D eigenvalue weighted by Gasteiger charge is 2.22. The van der Waals surface area contributed by atoms with Crippen molar-refractivity contribution < 1.29 is 0 Å². The Balaban J connectivity index is 1.73. The fourth-order valence-electron chi connectivity index (χ4n) is 2.60. The molecule has 0 bridgehead atoms. The van der Waals surface area contributed by atoms with Crippen LogP contribution in [0.3, 0.4) is 0 Å². The van der Waals surface area contributed by atoms with Gasteiger partial charge in [0, 0.05) is 30.3 Å². The van der Waals surface area contributed by atoms with E-state index in [9.17, 15) is 0 Å². The third kappa shape index (κ3) is 3.02. The summed E-state index contributed by atoms with van der Waals surface area (Å²) in [7, 11) is 0. The Morgan fingerprint density at radius 3 is 2.62 bits per heavy atom. The maximum atomic E-state index is 3.26. The highest BCUT2D eigenvalue weighted by Crippen LogP contribution is 2.25. The molecule has 0 atom stereocenters. The predicted octanol–water partition coefficient (Wildman–Crippen LogP) is 3.53. The van der Waals surface area contributed by atoms with Gasteiger partial charge in [0.15, 0.2) is 0 Å². The van der Waals surface area contributed by atoms with Gasteiger partial charge in [0.1, 0.15) is 0 Å². The monoisotopic (exact) mass is 279 g/mol. The van der Waals surface area contributed by atoms with E-state index in [0.29, 0.717) is 0 Å². The standard InChI is InChI=1S/C18H21N3/c1-15-16(2)21(13-18-10-6-7-11-19-18)14-20(15)12-17-8-4-3-5-9-17/h3-11,13,19H,12,14H2,1-2H3/b18-13-. The first-order valence-electron chi connectivity index (χ1n) is 7.28. The number of nitrogens with one attached hydrogen (secondary N) is 1. The molecule has 0 aromatic heterocycles. The molecule has 0 unspecified atom stereocenters. The Kier molecular flexibility index (Phi) is 3.82. The van der Waals surface area contributed by atoms with E-state index in [1.807, 2.05) is 18.4 Å². The second kappa shape index (κ2) is 5.92. The van der Waals surface area contributed by atoms with Crippen molar-refractivity contribution in [2.75, 3.05) is 6.67 Å². The normalized spacial score (nSPS) is 19.6. The summed E-state index contributed by atoms with van der Waals surface area (Å²) in [4.78, 5) is 4.70. The summed E-state index contributed by atoms with van der Waals surface area (Å²) >= 11 is 0. The van der Waals surface area contributed by atoms with Gasteiger partial charge < -0.3 is 15.1 Å². The molecule has 0 amide bonds. The number of hydrogen-bond donors (Lipinski definition) is 1. The van der Waals surface area contributed by atoms with Crippen LogP contribution in [0.1, 0.15) is 19.4 Å². The van der Waals surface area contributed by atoms with E-state index in [0.717, 1.165) is 18.9 Å². The largest absolute Gasteiger partial charge is 0.361 e. The van der Waals surface area contributed by atoms with E-state index in [2.05, 4.69) is 71.6 Å². The molecule has 3 nitrogen and oxygen atoms in total. The van der Waals surface area contributed by atoms with E-state index in [4.69, 9.17) is 0 Å². The van der Waals surface area contributed by atoms with Crippen LogP contribution in [0.2, 0.25) is 0 Å². The number of hydrogen-bond acceptors (Lipinski definition) is 3. The summed E-state index contributed by atoms with van der Waals surface area (Å²) in [5.41, 5.74) is 5.11. The Morgan fingerprint density at radius 2 is 1.90 bits per heavy atom. The average Bonchev–Trinajstić information content (AvgIpc) is 2.78. The number of nitrogens with zero attached hydrogens (tertiary/aromatic N) is 2. The minimum Gasteiger partial charge on any atom is -0.361 e. The van der Waals surface area contributed by atoms with Crippen molar-refractivity contribution in [3.05, 3.63) is 83.6 Å². The first-order chi connectivity index (χ1) is 10.2. The van der Waals surface area contributed by atoms with Gasteiger partial charge in [-0.15, -0.1) is 0 Å². The van der Waals surface area contributed by atoms with Crippen LogP contribution in [-0.2, 0) is 6.54 Å². The van der Waals surface area contributed by atoms with Gasteiger partial charge >= 0.3 is 0 Å². The van der Waals surface area contributed by atoms with Gasteiger partial charge in [-0.1, -0.05) is 36.4 Å². The van der Waals surface area contributed by atoms with Crippen molar-refractivity contribution in [1.82, 2.24) is 15.1 Å². The second-order valence-electron chi connectivity index (χ2n) is 5.41. The Hall–Kier alpha value is -2.42. The quantitative estimate of drug-likeness (QED) is 0.913. The first-order valence-corrected chi connectivity index (χ1v) is 7.28. The summed E-state index contributed by atoms with van der Waals surface area (Å²) < 4.78 is 0. The lowest BCUT2D eigenvalue weighted by Gasteiger charge is -2.22. The van der Waals surface area contributed by atoms with E-state index >= 15 is 0 Å². The number of benzene rings is 1. The lowest BCUT2D eigenvalue weighted by atomic mass is 10.2. The van der Waals surface area contributed by atoms with Crippen molar-refractivity contribution in [2.45, 2.75) is 20.4 Å². The van der Waals surface area contributed by atoms with E-state index < -0.39 is 0 Å². The van der Waals surface area contributed by atoms with Crippen molar-refractivity contribution in [2.24, 2.45) is 0 Å². The highest BCUT2D eigenvalue weighted by molar-refractivity contribution is 5.29. The molecule has 3 rings (SSSR count). The van der Waals surface area contributed by atoms with Crippen molar-refractivity contribution in [1.29, 1.82) is 0 Å². The smallest absolute Gasteiger partial charge is 0.0945 e. The zero-order valence-electron chi connectivity index (χ0n) is 12.6. The minimum absolute atomic E-state index is 0.898. The molecular formula is C18H21N3. The summed E-state index contributed by atoms with van der Waals surface area (Å²) in [6.07, 6.45) is 10.3. The molecule has 21 heavy (non-hydrogen) atoms. The second-order valence-corrected chi connectivity index (χ2v) is 5.41. The molecule has 0 saturated carbocycles. The van der Waals surface area contributed by atoms with Crippen LogP contribution >= 0.6 is 0 Å². The van der Waals surface area contributed by atoms with Crippen molar-refractivity contribution >= 4 is 0 Å². The van der Waals surface area contributed by atoms with Gasteiger partial charge in [0.05, 0.1) is 12.4 Å². The zero-order chi connectivity index (χ0) is 14.7. The molecule has 1 aromatic carbocycles. The van der Waals surface area contributed by atoms with Crippen LogP contribution in [0.25, 0.3) is 0 Å². The van der Waals surface area contributed by atoms with Gasteiger partial charge in [-0.3, -0.25) is 0 Å². The van der Waals surface area contributed by atoms with E-state index in [1.165, 1.54) is 17.0 Å². The summed E-state index contributed by atoms with van der Waals surface area (Å²) in [6.45, 7) is 6.22. The first kappa shape index (κ1) is 13.6. The molecule has 2 heterocycles. The van der Waals surface area contributed by atoms with Crippen molar-refractivity contribution in [3.63, 3.8) is 0 Å². The summed E-state index contributed by atoms with van der Waals surface area (Å²) in [5.74, 6) is 0. The molecule has 3 heteroatoms. The van der Waals surface area contributed by atoms with Gasteiger partial charge in [-0.05, 0) is 31.6 Å². The molecule has 0 saturated heterocycles. The Morgan fingerprint density at radius 1 is 1.10 bits per heavy atom.